The van der Waals surface area contributed by atoms with Crippen molar-refractivity contribution in [2.75, 3.05) is 15.8 Å². The van der Waals surface area contributed by atoms with Crippen LogP contribution < -0.4 is 10.0 Å². The van der Waals surface area contributed by atoms with E-state index in [4.69, 9.17) is 5.73 Å². The molecular formula is C12H16N2O3S. The largest absolute Gasteiger partial charge is 0.399 e. The fraction of sp³-hybridized carbons (Fsp3) is 0.250. The third kappa shape index (κ3) is 2.89. The molecule has 0 aliphatic carbocycles. The Bertz CT molecular complexity index is 561. The van der Waals surface area contributed by atoms with Crippen LogP contribution in [0, 0.1) is 0 Å². The molecule has 0 aliphatic rings. The smallest absolute Gasteiger partial charge is 0.267 e. The van der Waals surface area contributed by atoms with E-state index in [1.165, 1.54) is 26.0 Å². The van der Waals surface area contributed by atoms with Gasteiger partial charge in [0.2, 0.25) is 10.0 Å². The van der Waals surface area contributed by atoms with Gasteiger partial charge in [-0.25, -0.2) is 12.7 Å². The van der Waals surface area contributed by atoms with Crippen molar-refractivity contribution in [2.45, 2.75) is 13.8 Å². The number of anilines is 2. The molecule has 0 atom stereocenters. The van der Waals surface area contributed by atoms with Gasteiger partial charge in [0.25, 0.3) is 5.91 Å². The number of amides is 1. The van der Waals surface area contributed by atoms with Crippen molar-refractivity contribution in [2.24, 2.45) is 0 Å². The molecule has 1 aromatic rings. The predicted molar refractivity (Wildman–Crippen MR) is 72.6 cm³/mol. The number of benzene rings is 1. The van der Waals surface area contributed by atoms with E-state index in [1.807, 2.05) is 0 Å². The average Bonchev–Trinajstić information content (AvgIpc) is 2.31. The summed E-state index contributed by atoms with van der Waals surface area (Å²) in [6, 6.07) is 6.06. The maximum Gasteiger partial charge on any atom is 0.267 e. The van der Waals surface area contributed by atoms with Crippen molar-refractivity contribution in [3.8, 4) is 0 Å². The fourth-order valence-corrected chi connectivity index (χ4v) is 2.43. The standard InChI is InChI=1S/C12H16N2O3S/c1-4-18(16,17)14(12(15)9(2)3)11-7-5-10(13)6-8-11/h5-8H,2,4,13H2,1,3H3. The van der Waals surface area contributed by atoms with E-state index < -0.39 is 15.9 Å². The Labute approximate surface area is 107 Å². The van der Waals surface area contributed by atoms with E-state index in [-0.39, 0.29) is 17.0 Å². The molecule has 1 amide bonds. The molecule has 0 saturated heterocycles. The molecule has 98 valence electrons. The molecule has 0 bridgehead atoms. The average molecular weight is 268 g/mol. The Balaban J connectivity index is 3.34. The maximum absolute atomic E-state index is 12.0. The number of rotatable bonds is 4. The molecule has 0 heterocycles. The Morgan fingerprint density at radius 2 is 1.83 bits per heavy atom. The number of hydrogen-bond donors (Lipinski definition) is 1. The van der Waals surface area contributed by atoms with Gasteiger partial charge in [0.05, 0.1) is 11.4 Å². The zero-order chi connectivity index (χ0) is 13.9. The minimum absolute atomic E-state index is 0.156. The molecule has 18 heavy (non-hydrogen) atoms. The summed E-state index contributed by atoms with van der Waals surface area (Å²) in [6.07, 6.45) is 0. The lowest BCUT2D eigenvalue weighted by atomic mass is 10.2. The summed E-state index contributed by atoms with van der Waals surface area (Å²) in [5.41, 5.74) is 6.45. The highest BCUT2D eigenvalue weighted by Gasteiger charge is 2.27. The van der Waals surface area contributed by atoms with Gasteiger partial charge < -0.3 is 5.73 Å². The number of sulfonamides is 1. The van der Waals surface area contributed by atoms with Gasteiger partial charge in [0.1, 0.15) is 0 Å². The third-order valence-electron chi connectivity index (χ3n) is 2.32. The van der Waals surface area contributed by atoms with Gasteiger partial charge in [0, 0.05) is 11.3 Å². The van der Waals surface area contributed by atoms with E-state index in [1.54, 1.807) is 12.1 Å². The second-order valence-corrected chi connectivity index (χ2v) is 5.95. The Kier molecular flexibility index (Phi) is 4.13. The lowest BCUT2D eigenvalue weighted by Gasteiger charge is -2.22. The highest BCUT2D eigenvalue weighted by molar-refractivity contribution is 7.93. The van der Waals surface area contributed by atoms with Crippen LogP contribution >= 0.6 is 0 Å². The summed E-state index contributed by atoms with van der Waals surface area (Å²) in [6.45, 7) is 6.43. The first-order valence-corrected chi connectivity index (χ1v) is 6.99. The quantitative estimate of drug-likeness (QED) is 0.663. The van der Waals surface area contributed by atoms with E-state index in [9.17, 15) is 13.2 Å². The Morgan fingerprint density at radius 3 is 2.22 bits per heavy atom. The van der Waals surface area contributed by atoms with Crippen LogP contribution in [0.2, 0.25) is 0 Å². The topological polar surface area (TPSA) is 80.5 Å². The lowest BCUT2D eigenvalue weighted by molar-refractivity contribution is -0.113. The van der Waals surface area contributed by atoms with Gasteiger partial charge >= 0.3 is 0 Å². The number of nitrogens with two attached hydrogens (primary N) is 1. The van der Waals surface area contributed by atoms with E-state index in [0.29, 0.717) is 5.69 Å². The Morgan fingerprint density at radius 1 is 1.33 bits per heavy atom. The van der Waals surface area contributed by atoms with Crippen molar-refractivity contribution >= 4 is 27.3 Å². The molecule has 0 fully saturated rings. The molecule has 0 radical (unpaired) electrons. The lowest BCUT2D eigenvalue weighted by Crippen LogP contribution is -2.38. The molecule has 0 unspecified atom stereocenters. The number of carbonyl (C=O) groups is 1. The molecule has 6 heteroatoms. The minimum Gasteiger partial charge on any atom is -0.399 e. The summed E-state index contributed by atoms with van der Waals surface area (Å²) in [4.78, 5) is 11.9. The second kappa shape index (κ2) is 5.22. The molecule has 1 rings (SSSR count). The first-order valence-electron chi connectivity index (χ1n) is 5.38. The van der Waals surface area contributed by atoms with Crippen LogP contribution in [0.3, 0.4) is 0 Å². The zero-order valence-electron chi connectivity index (χ0n) is 10.4. The highest BCUT2D eigenvalue weighted by Crippen LogP contribution is 2.21. The molecular weight excluding hydrogens is 252 g/mol. The first-order chi connectivity index (χ1) is 8.29. The van der Waals surface area contributed by atoms with Gasteiger partial charge in [-0.1, -0.05) is 6.58 Å². The number of carbonyl (C=O) groups excluding carboxylic acids is 1. The second-order valence-electron chi connectivity index (χ2n) is 3.84. The van der Waals surface area contributed by atoms with Crippen LogP contribution in [0.1, 0.15) is 13.8 Å². The normalized spacial score (nSPS) is 11.0. The maximum atomic E-state index is 12.0. The SMILES string of the molecule is C=C(C)C(=O)N(c1ccc(N)cc1)S(=O)(=O)CC. The molecule has 2 N–H and O–H groups in total. The molecule has 0 saturated carbocycles. The van der Waals surface area contributed by atoms with Gasteiger partial charge in [-0.3, -0.25) is 4.79 Å². The number of nitrogen functional groups attached to an aromatic ring is 1. The van der Waals surface area contributed by atoms with Gasteiger partial charge in [-0.05, 0) is 38.1 Å². The van der Waals surface area contributed by atoms with Gasteiger partial charge in [0.15, 0.2) is 0 Å². The van der Waals surface area contributed by atoms with Crippen LogP contribution in [-0.4, -0.2) is 20.1 Å². The molecule has 5 nitrogen and oxygen atoms in total. The van der Waals surface area contributed by atoms with Crippen LogP contribution in [-0.2, 0) is 14.8 Å². The van der Waals surface area contributed by atoms with E-state index >= 15 is 0 Å². The summed E-state index contributed by atoms with van der Waals surface area (Å²) in [7, 11) is -3.69. The summed E-state index contributed by atoms with van der Waals surface area (Å²) >= 11 is 0. The molecule has 0 aromatic heterocycles. The molecule has 0 aliphatic heterocycles. The minimum atomic E-state index is -3.69. The van der Waals surface area contributed by atoms with Crippen LogP contribution in [0.4, 0.5) is 11.4 Å². The monoisotopic (exact) mass is 268 g/mol. The number of nitrogens with zero attached hydrogens (tertiary/aromatic N) is 1. The molecule has 0 spiro atoms. The third-order valence-corrected chi connectivity index (χ3v) is 3.98. The first kappa shape index (κ1) is 14.2. The van der Waals surface area contributed by atoms with Crippen molar-refractivity contribution in [1.29, 1.82) is 0 Å². The summed E-state index contributed by atoms with van der Waals surface area (Å²) in [5, 5.41) is 0. The number of hydrogen-bond acceptors (Lipinski definition) is 4. The summed E-state index contributed by atoms with van der Waals surface area (Å²) < 4.78 is 24.7. The van der Waals surface area contributed by atoms with Crippen LogP contribution in [0.5, 0.6) is 0 Å². The van der Waals surface area contributed by atoms with Crippen molar-refractivity contribution < 1.29 is 13.2 Å². The Hall–Kier alpha value is -1.82. The van der Waals surface area contributed by atoms with Gasteiger partial charge in [-0.15, -0.1) is 0 Å². The fourth-order valence-electron chi connectivity index (χ4n) is 1.32. The van der Waals surface area contributed by atoms with Crippen LogP contribution in [0.15, 0.2) is 36.4 Å². The van der Waals surface area contributed by atoms with Crippen molar-refractivity contribution in [3.05, 3.63) is 36.4 Å². The molecule has 1 aromatic carbocycles. The van der Waals surface area contributed by atoms with E-state index in [2.05, 4.69) is 6.58 Å². The van der Waals surface area contributed by atoms with E-state index in [0.717, 1.165) is 4.31 Å². The van der Waals surface area contributed by atoms with Crippen molar-refractivity contribution in [3.63, 3.8) is 0 Å². The van der Waals surface area contributed by atoms with Gasteiger partial charge in [-0.2, -0.15) is 0 Å². The summed E-state index contributed by atoms with van der Waals surface area (Å²) in [5.74, 6) is -0.808. The zero-order valence-corrected chi connectivity index (χ0v) is 11.2. The van der Waals surface area contributed by atoms with Crippen molar-refractivity contribution in [1.82, 2.24) is 0 Å². The van der Waals surface area contributed by atoms with Crippen LogP contribution in [0.25, 0.3) is 0 Å². The highest BCUT2D eigenvalue weighted by atomic mass is 32.2. The predicted octanol–water partition coefficient (Wildman–Crippen LogP) is 1.53.